The maximum atomic E-state index is 13.1. The summed E-state index contributed by atoms with van der Waals surface area (Å²) in [5.74, 6) is -0.915. The van der Waals surface area contributed by atoms with Gasteiger partial charge < -0.3 is 16.0 Å². The lowest BCUT2D eigenvalue weighted by Gasteiger charge is -2.54. The molecule has 0 bridgehead atoms. The molecule has 2 aliphatic rings. The minimum atomic E-state index is -0.483. The van der Waals surface area contributed by atoms with Crippen molar-refractivity contribution in [3.8, 4) is 0 Å². The van der Waals surface area contributed by atoms with Crippen LogP contribution in [0.2, 0.25) is 0 Å². The minimum Gasteiger partial charge on any atom is -0.345 e. The SMILES string of the molecule is CC1(C)CC(N)CC(C)(C)N1C(=O)C(=O)NC1CCN(Cc2ccccc2)CC1. The van der Waals surface area contributed by atoms with E-state index in [9.17, 15) is 9.59 Å². The third kappa shape index (κ3) is 5.17. The molecule has 2 aliphatic heterocycles. The van der Waals surface area contributed by atoms with Crippen molar-refractivity contribution >= 4 is 11.8 Å². The Kier molecular flexibility index (Phi) is 6.34. The van der Waals surface area contributed by atoms with Gasteiger partial charge in [-0.25, -0.2) is 0 Å². The maximum absolute atomic E-state index is 13.1. The van der Waals surface area contributed by atoms with Crippen LogP contribution in [0.1, 0.15) is 58.9 Å². The van der Waals surface area contributed by atoms with Crippen LogP contribution in [0.5, 0.6) is 0 Å². The van der Waals surface area contributed by atoms with Gasteiger partial charge in [-0.3, -0.25) is 14.5 Å². The van der Waals surface area contributed by atoms with Crippen LogP contribution in [0.3, 0.4) is 0 Å². The van der Waals surface area contributed by atoms with Gasteiger partial charge in [0.05, 0.1) is 0 Å². The molecule has 0 atom stereocenters. The smallest absolute Gasteiger partial charge is 0.312 e. The molecule has 2 amide bonds. The Hall–Kier alpha value is -1.92. The van der Waals surface area contributed by atoms with Crippen LogP contribution in [0.4, 0.5) is 0 Å². The zero-order chi connectivity index (χ0) is 21.2. The summed E-state index contributed by atoms with van der Waals surface area (Å²) < 4.78 is 0. The lowest BCUT2D eigenvalue weighted by Crippen LogP contribution is -2.67. The van der Waals surface area contributed by atoms with Crippen LogP contribution in [0.25, 0.3) is 0 Å². The lowest BCUT2D eigenvalue weighted by molar-refractivity contribution is -0.159. The van der Waals surface area contributed by atoms with E-state index in [0.717, 1.165) is 32.5 Å². The second-order valence-corrected chi connectivity index (χ2v) is 9.94. The number of hydrogen-bond donors (Lipinski definition) is 2. The van der Waals surface area contributed by atoms with E-state index in [1.54, 1.807) is 4.90 Å². The topological polar surface area (TPSA) is 78.7 Å². The molecule has 2 heterocycles. The Morgan fingerprint density at radius 3 is 2.14 bits per heavy atom. The number of carbonyl (C=O) groups excluding carboxylic acids is 2. The molecule has 0 aromatic heterocycles. The van der Waals surface area contributed by atoms with Crippen molar-refractivity contribution in [3.05, 3.63) is 35.9 Å². The quantitative estimate of drug-likeness (QED) is 0.763. The van der Waals surface area contributed by atoms with Crippen LogP contribution in [0, 0.1) is 0 Å². The Balaban J connectivity index is 1.54. The maximum Gasteiger partial charge on any atom is 0.312 e. The highest BCUT2D eigenvalue weighted by Gasteiger charge is 2.48. The van der Waals surface area contributed by atoms with Gasteiger partial charge in [0, 0.05) is 42.8 Å². The normalized spacial score (nSPS) is 23.0. The number of nitrogens with zero attached hydrogens (tertiary/aromatic N) is 2. The Morgan fingerprint density at radius 2 is 1.59 bits per heavy atom. The van der Waals surface area contributed by atoms with Crippen LogP contribution in [0.15, 0.2) is 30.3 Å². The number of hydrogen-bond acceptors (Lipinski definition) is 4. The summed E-state index contributed by atoms with van der Waals surface area (Å²) >= 11 is 0. The number of amides is 2. The van der Waals surface area contributed by atoms with E-state index in [-0.39, 0.29) is 12.1 Å². The van der Waals surface area contributed by atoms with Gasteiger partial charge in [-0.1, -0.05) is 30.3 Å². The summed E-state index contributed by atoms with van der Waals surface area (Å²) in [7, 11) is 0. The molecule has 0 radical (unpaired) electrons. The van der Waals surface area contributed by atoms with Gasteiger partial charge in [0.2, 0.25) is 0 Å². The molecule has 1 aromatic rings. The summed E-state index contributed by atoms with van der Waals surface area (Å²) in [6.07, 6.45) is 3.13. The second-order valence-electron chi connectivity index (χ2n) is 9.94. The van der Waals surface area contributed by atoms with Crippen molar-refractivity contribution in [2.75, 3.05) is 13.1 Å². The first-order valence-electron chi connectivity index (χ1n) is 10.8. The zero-order valence-corrected chi connectivity index (χ0v) is 18.3. The molecule has 2 fully saturated rings. The molecular weight excluding hydrogens is 364 g/mol. The number of rotatable bonds is 3. The monoisotopic (exact) mass is 400 g/mol. The first kappa shape index (κ1) is 21.8. The van der Waals surface area contributed by atoms with Gasteiger partial charge in [0.25, 0.3) is 0 Å². The molecular formula is C23H36N4O2. The van der Waals surface area contributed by atoms with E-state index in [1.165, 1.54) is 5.56 Å². The van der Waals surface area contributed by atoms with Crippen LogP contribution >= 0.6 is 0 Å². The van der Waals surface area contributed by atoms with Gasteiger partial charge in [0.1, 0.15) is 0 Å². The molecule has 2 saturated heterocycles. The minimum absolute atomic E-state index is 0.0426. The molecule has 29 heavy (non-hydrogen) atoms. The average Bonchev–Trinajstić information content (AvgIpc) is 2.61. The molecule has 3 N–H and O–H groups in total. The van der Waals surface area contributed by atoms with E-state index in [2.05, 4.69) is 34.5 Å². The fourth-order valence-electron chi connectivity index (χ4n) is 5.33. The van der Waals surface area contributed by atoms with Crippen molar-refractivity contribution in [2.45, 2.75) is 83.1 Å². The number of nitrogens with one attached hydrogen (secondary N) is 1. The van der Waals surface area contributed by atoms with Crippen molar-refractivity contribution < 1.29 is 9.59 Å². The molecule has 0 saturated carbocycles. The molecule has 3 rings (SSSR count). The number of carbonyl (C=O) groups is 2. The zero-order valence-electron chi connectivity index (χ0n) is 18.3. The van der Waals surface area contributed by atoms with E-state index >= 15 is 0 Å². The predicted molar refractivity (Wildman–Crippen MR) is 115 cm³/mol. The van der Waals surface area contributed by atoms with Crippen LogP contribution in [-0.4, -0.2) is 57.9 Å². The highest BCUT2D eigenvalue weighted by atomic mass is 16.2. The molecule has 6 heteroatoms. The number of benzene rings is 1. The third-order valence-electron chi connectivity index (χ3n) is 6.30. The molecule has 1 aromatic carbocycles. The summed E-state index contributed by atoms with van der Waals surface area (Å²) in [4.78, 5) is 30.0. The van der Waals surface area contributed by atoms with Gasteiger partial charge in [-0.05, 0) is 58.9 Å². The van der Waals surface area contributed by atoms with E-state index in [0.29, 0.717) is 12.8 Å². The van der Waals surface area contributed by atoms with E-state index in [4.69, 9.17) is 5.73 Å². The molecule has 160 valence electrons. The Bertz CT molecular complexity index is 706. The lowest BCUT2D eigenvalue weighted by atomic mass is 9.77. The molecule has 0 unspecified atom stereocenters. The Morgan fingerprint density at radius 1 is 1.03 bits per heavy atom. The third-order valence-corrected chi connectivity index (χ3v) is 6.30. The van der Waals surface area contributed by atoms with Crippen molar-refractivity contribution in [1.82, 2.24) is 15.1 Å². The highest BCUT2D eigenvalue weighted by molar-refractivity contribution is 6.35. The standard InChI is InChI=1S/C23H36N4O2/c1-22(2)14-18(24)15-23(3,4)27(22)21(29)20(28)25-19-10-12-26(13-11-19)16-17-8-6-5-7-9-17/h5-9,18-19H,10-16,24H2,1-4H3,(H,25,28). The molecule has 0 aliphatic carbocycles. The summed E-state index contributed by atoms with van der Waals surface area (Å²) in [6, 6.07) is 10.5. The number of nitrogens with two attached hydrogens (primary N) is 1. The van der Waals surface area contributed by atoms with Crippen molar-refractivity contribution in [3.63, 3.8) is 0 Å². The molecule has 6 nitrogen and oxygen atoms in total. The van der Waals surface area contributed by atoms with Gasteiger partial charge in [-0.15, -0.1) is 0 Å². The summed E-state index contributed by atoms with van der Waals surface area (Å²) in [6.45, 7) is 10.8. The first-order valence-corrected chi connectivity index (χ1v) is 10.8. The predicted octanol–water partition coefficient (Wildman–Crippen LogP) is 2.27. The first-order chi connectivity index (χ1) is 13.6. The largest absolute Gasteiger partial charge is 0.345 e. The van der Waals surface area contributed by atoms with Crippen molar-refractivity contribution in [1.29, 1.82) is 0 Å². The molecule has 0 spiro atoms. The number of piperidine rings is 2. The van der Waals surface area contributed by atoms with E-state index < -0.39 is 22.9 Å². The highest BCUT2D eigenvalue weighted by Crippen LogP contribution is 2.37. The fraction of sp³-hybridized carbons (Fsp3) is 0.652. The average molecular weight is 401 g/mol. The Labute approximate surface area is 174 Å². The van der Waals surface area contributed by atoms with Gasteiger partial charge in [-0.2, -0.15) is 0 Å². The van der Waals surface area contributed by atoms with Crippen LogP contribution < -0.4 is 11.1 Å². The summed E-state index contributed by atoms with van der Waals surface area (Å²) in [5, 5.41) is 3.00. The number of likely N-dealkylation sites (tertiary alicyclic amines) is 2. The van der Waals surface area contributed by atoms with Gasteiger partial charge >= 0.3 is 11.8 Å². The van der Waals surface area contributed by atoms with Crippen LogP contribution in [-0.2, 0) is 16.1 Å². The van der Waals surface area contributed by atoms with Crippen molar-refractivity contribution in [2.24, 2.45) is 5.73 Å². The van der Waals surface area contributed by atoms with Gasteiger partial charge in [0.15, 0.2) is 0 Å². The summed E-state index contributed by atoms with van der Waals surface area (Å²) in [5.41, 5.74) is 6.63. The second kappa shape index (κ2) is 8.44. The fourth-order valence-corrected chi connectivity index (χ4v) is 5.33. The van der Waals surface area contributed by atoms with E-state index in [1.807, 2.05) is 33.8 Å².